The lowest BCUT2D eigenvalue weighted by Crippen LogP contribution is -2.48. The molecule has 0 spiro atoms. The van der Waals surface area contributed by atoms with Crippen molar-refractivity contribution >= 4 is 40.1 Å². The van der Waals surface area contributed by atoms with Crippen molar-refractivity contribution in [2.24, 2.45) is 0 Å². The van der Waals surface area contributed by atoms with E-state index in [9.17, 15) is 4.79 Å². The van der Waals surface area contributed by atoms with Gasteiger partial charge in [0.2, 0.25) is 5.91 Å². The molecule has 0 atom stereocenters. The fourth-order valence-corrected chi connectivity index (χ4v) is 4.91. The molecule has 4 aromatic rings. The van der Waals surface area contributed by atoms with Gasteiger partial charge in [-0.25, -0.2) is 4.98 Å². The molecule has 172 valence electrons. The number of hydrogen-bond donors (Lipinski definition) is 0. The van der Waals surface area contributed by atoms with Gasteiger partial charge in [0.05, 0.1) is 12.2 Å². The van der Waals surface area contributed by atoms with E-state index in [2.05, 4.69) is 9.88 Å². The van der Waals surface area contributed by atoms with Crippen LogP contribution < -0.4 is 4.90 Å². The van der Waals surface area contributed by atoms with Gasteiger partial charge in [0.1, 0.15) is 0 Å². The van der Waals surface area contributed by atoms with Gasteiger partial charge in [0.15, 0.2) is 5.13 Å². The van der Waals surface area contributed by atoms with Crippen molar-refractivity contribution in [2.75, 3.05) is 31.1 Å². The number of aromatic nitrogens is 3. The van der Waals surface area contributed by atoms with Gasteiger partial charge in [-0.05, 0) is 17.7 Å². The van der Waals surface area contributed by atoms with Crippen LogP contribution in [0.4, 0.5) is 5.13 Å². The van der Waals surface area contributed by atoms with Crippen molar-refractivity contribution in [3.05, 3.63) is 94.6 Å². The van der Waals surface area contributed by atoms with Gasteiger partial charge < -0.3 is 9.80 Å². The third kappa shape index (κ3) is 5.05. The summed E-state index contributed by atoms with van der Waals surface area (Å²) >= 11 is 7.99. The van der Waals surface area contributed by atoms with E-state index in [0.29, 0.717) is 24.7 Å². The Bertz CT molecular complexity index is 1280. The maximum atomic E-state index is 12.9. The second kappa shape index (κ2) is 10.2. The van der Waals surface area contributed by atoms with Gasteiger partial charge in [0.25, 0.3) is 0 Å². The van der Waals surface area contributed by atoms with Crippen LogP contribution in [0.15, 0.2) is 78.4 Å². The van der Waals surface area contributed by atoms with Crippen LogP contribution in [0.3, 0.4) is 0 Å². The summed E-state index contributed by atoms with van der Waals surface area (Å²) in [5.41, 5.74) is 3.74. The number of thiazole rings is 1. The highest BCUT2D eigenvalue weighted by atomic mass is 35.5. The molecular formula is C26H24ClN5OS. The molecule has 0 bridgehead atoms. The molecule has 1 saturated heterocycles. The van der Waals surface area contributed by atoms with E-state index in [4.69, 9.17) is 16.7 Å². The summed E-state index contributed by atoms with van der Waals surface area (Å²) in [6.45, 7) is 3.50. The number of rotatable bonds is 6. The summed E-state index contributed by atoms with van der Waals surface area (Å²) in [5.74, 6) is 0.0108. The fourth-order valence-electron chi connectivity index (χ4n) is 4.02. The first-order valence-electron chi connectivity index (χ1n) is 11.1. The minimum Gasteiger partial charge on any atom is -0.345 e. The summed E-state index contributed by atoms with van der Waals surface area (Å²) in [6.07, 6.45) is 7.31. The Hall–Kier alpha value is -3.42. The lowest BCUT2D eigenvalue weighted by Gasteiger charge is -2.34. The first-order chi connectivity index (χ1) is 16.7. The molecule has 8 heteroatoms. The number of hydrogen-bond acceptors (Lipinski definition) is 5. The van der Waals surface area contributed by atoms with Gasteiger partial charge in [-0.3, -0.25) is 9.48 Å². The van der Waals surface area contributed by atoms with Gasteiger partial charge in [0, 0.05) is 66.2 Å². The summed E-state index contributed by atoms with van der Waals surface area (Å²) in [5, 5.41) is 8.52. The normalized spacial score (nSPS) is 14.1. The number of piperazine rings is 1. The van der Waals surface area contributed by atoms with Crippen LogP contribution >= 0.6 is 22.9 Å². The van der Waals surface area contributed by atoms with E-state index < -0.39 is 0 Å². The number of carbonyl (C=O) groups is 1. The summed E-state index contributed by atoms with van der Waals surface area (Å²) in [7, 11) is 0. The molecule has 3 heterocycles. The summed E-state index contributed by atoms with van der Waals surface area (Å²) in [6, 6.07) is 17.8. The number of nitrogens with zero attached hydrogens (tertiary/aromatic N) is 5. The monoisotopic (exact) mass is 489 g/mol. The Balaban J connectivity index is 1.33. The molecule has 0 radical (unpaired) electrons. The topological polar surface area (TPSA) is 54.3 Å². The molecule has 34 heavy (non-hydrogen) atoms. The summed E-state index contributed by atoms with van der Waals surface area (Å²) < 4.78 is 1.88. The van der Waals surface area contributed by atoms with E-state index in [1.54, 1.807) is 17.4 Å². The van der Waals surface area contributed by atoms with E-state index in [1.807, 2.05) is 88.0 Å². The van der Waals surface area contributed by atoms with Crippen molar-refractivity contribution in [3.8, 4) is 11.3 Å². The number of anilines is 1. The molecule has 0 N–H and O–H groups in total. The average molecular weight is 490 g/mol. The second-order valence-electron chi connectivity index (χ2n) is 8.05. The fraction of sp³-hybridized carbons (Fsp3) is 0.192. The third-order valence-corrected chi connectivity index (χ3v) is 7.01. The molecule has 2 aromatic carbocycles. The lowest BCUT2D eigenvalue weighted by atomic mass is 10.1. The van der Waals surface area contributed by atoms with Crippen molar-refractivity contribution in [1.29, 1.82) is 0 Å². The van der Waals surface area contributed by atoms with Crippen LogP contribution in [0, 0.1) is 0 Å². The Morgan fingerprint density at radius 1 is 1.03 bits per heavy atom. The van der Waals surface area contributed by atoms with E-state index in [-0.39, 0.29) is 5.91 Å². The maximum Gasteiger partial charge on any atom is 0.246 e. The first-order valence-corrected chi connectivity index (χ1v) is 12.4. The predicted molar refractivity (Wildman–Crippen MR) is 138 cm³/mol. The van der Waals surface area contributed by atoms with Crippen LogP contribution in [0.1, 0.15) is 11.1 Å². The number of benzene rings is 2. The molecule has 5 rings (SSSR count). The average Bonchev–Trinajstić information content (AvgIpc) is 3.55. The van der Waals surface area contributed by atoms with Crippen molar-refractivity contribution in [2.45, 2.75) is 6.54 Å². The molecule has 1 aliphatic rings. The van der Waals surface area contributed by atoms with Crippen LogP contribution in [0.2, 0.25) is 5.02 Å². The zero-order valence-corrected chi connectivity index (χ0v) is 20.1. The highest BCUT2D eigenvalue weighted by Gasteiger charge is 2.21. The van der Waals surface area contributed by atoms with Crippen molar-refractivity contribution < 1.29 is 4.79 Å². The first kappa shape index (κ1) is 22.4. The van der Waals surface area contributed by atoms with Gasteiger partial charge in [-0.1, -0.05) is 60.1 Å². The zero-order valence-electron chi connectivity index (χ0n) is 18.5. The molecular weight excluding hydrogens is 466 g/mol. The van der Waals surface area contributed by atoms with Crippen LogP contribution in [0.5, 0.6) is 0 Å². The molecule has 6 nitrogen and oxygen atoms in total. The molecule has 1 aliphatic heterocycles. The van der Waals surface area contributed by atoms with Gasteiger partial charge in [-0.2, -0.15) is 5.10 Å². The predicted octanol–water partition coefficient (Wildman–Crippen LogP) is 5.07. The van der Waals surface area contributed by atoms with Crippen LogP contribution in [-0.2, 0) is 11.3 Å². The SMILES string of the molecule is O=C(/C=C/c1cn(Cc2ccccc2Cl)nc1-c1ccccc1)N1CCN(c2nccs2)CC1. The number of amides is 1. The third-order valence-electron chi connectivity index (χ3n) is 5.81. The standard InChI is InChI=1S/C26H24ClN5OS/c27-23-9-5-4-8-21(23)18-32-19-22(25(29-32)20-6-2-1-3-7-20)10-11-24(33)30-13-15-31(16-14-30)26-28-12-17-34-26/h1-12,17,19H,13-16,18H2/b11-10+. The molecule has 0 aliphatic carbocycles. The Morgan fingerprint density at radius 3 is 2.53 bits per heavy atom. The molecule has 1 amide bonds. The van der Waals surface area contributed by atoms with Crippen molar-refractivity contribution in [3.63, 3.8) is 0 Å². The quantitative estimate of drug-likeness (QED) is 0.355. The van der Waals surface area contributed by atoms with Gasteiger partial charge in [-0.15, -0.1) is 11.3 Å². The number of halogens is 1. The minimum absolute atomic E-state index is 0.0108. The lowest BCUT2D eigenvalue weighted by molar-refractivity contribution is -0.126. The highest BCUT2D eigenvalue weighted by molar-refractivity contribution is 7.13. The Labute approximate surface area is 207 Å². The smallest absolute Gasteiger partial charge is 0.246 e. The molecule has 2 aromatic heterocycles. The zero-order chi connectivity index (χ0) is 23.3. The minimum atomic E-state index is 0.0108. The van der Waals surface area contributed by atoms with Crippen LogP contribution in [0.25, 0.3) is 17.3 Å². The van der Waals surface area contributed by atoms with Crippen LogP contribution in [-0.4, -0.2) is 51.8 Å². The maximum absolute atomic E-state index is 12.9. The number of carbonyl (C=O) groups excluding carboxylic acids is 1. The molecule has 0 saturated carbocycles. The molecule has 0 unspecified atom stereocenters. The van der Waals surface area contributed by atoms with E-state index >= 15 is 0 Å². The Kier molecular flexibility index (Phi) is 6.74. The van der Waals surface area contributed by atoms with E-state index in [0.717, 1.165) is 40.6 Å². The van der Waals surface area contributed by atoms with E-state index in [1.165, 1.54) is 0 Å². The van der Waals surface area contributed by atoms with Gasteiger partial charge >= 0.3 is 0 Å². The summed E-state index contributed by atoms with van der Waals surface area (Å²) in [4.78, 5) is 21.4. The second-order valence-corrected chi connectivity index (χ2v) is 9.33. The highest BCUT2D eigenvalue weighted by Crippen LogP contribution is 2.25. The Morgan fingerprint density at radius 2 is 1.79 bits per heavy atom. The molecule has 1 fully saturated rings. The largest absolute Gasteiger partial charge is 0.345 e. The van der Waals surface area contributed by atoms with Crippen molar-refractivity contribution in [1.82, 2.24) is 19.7 Å².